The van der Waals surface area contributed by atoms with Crippen LogP contribution in [0, 0.1) is 0 Å². The molecule has 0 aliphatic rings. The standard InChI is InChI=1S/C13H11Cl2NO/c1-17-13-6-5-11(8-12(13)15)16-10-4-2-3-9(14)7-10/h2-8,16H,1H3. The van der Waals surface area contributed by atoms with Gasteiger partial charge in [0.05, 0.1) is 12.1 Å². The molecular weight excluding hydrogens is 257 g/mol. The number of anilines is 2. The molecule has 2 rings (SSSR count). The smallest absolute Gasteiger partial charge is 0.137 e. The summed E-state index contributed by atoms with van der Waals surface area (Å²) in [5.41, 5.74) is 1.80. The molecule has 1 N–H and O–H groups in total. The molecule has 0 bridgehead atoms. The first kappa shape index (κ1) is 12.1. The molecule has 2 aromatic carbocycles. The van der Waals surface area contributed by atoms with E-state index in [4.69, 9.17) is 27.9 Å². The van der Waals surface area contributed by atoms with Crippen LogP contribution in [0.3, 0.4) is 0 Å². The highest BCUT2D eigenvalue weighted by molar-refractivity contribution is 6.32. The third-order valence-electron chi connectivity index (χ3n) is 2.27. The number of halogens is 2. The lowest BCUT2D eigenvalue weighted by atomic mass is 10.2. The number of benzene rings is 2. The Labute approximate surface area is 110 Å². The van der Waals surface area contributed by atoms with Crippen molar-refractivity contribution in [3.05, 3.63) is 52.5 Å². The van der Waals surface area contributed by atoms with Gasteiger partial charge < -0.3 is 10.1 Å². The summed E-state index contributed by atoms with van der Waals surface area (Å²) in [5, 5.41) is 4.47. The van der Waals surface area contributed by atoms with Crippen LogP contribution in [-0.4, -0.2) is 7.11 Å². The van der Waals surface area contributed by atoms with E-state index in [2.05, 4.69) is 5.32 Å². The van der Waals surface area contributed by atoms with Crippen LogP contribution in [0.15, 0.2) is 42.5 Å². The Morgan fingerprint density at radius 2 is 1.76 bits per heavy atom. The Balaban J connectivity index is 2.22. The summed E-state index contributed by atoms with van der Waals surface area (Å²) in [6, 6.07) is 13.0. The fourth-order valence-electron chi connectivity index (χ4n) is 1.48. The topological polar surface area (TPSA) is 21.3 Å². The second-order valence-electron chi connectivity index (χ2n) is 3.48. The SMILES string of the molecule is COc1ccc(Nc2cccc(Cl)c2)cc1Cl. The molecule has 0 amide bonds. The molecule has 0 aromatic heterocycles. The fraction of sp³-hybridized carbons (Fsp3) is 0.0769. The van der Waals surface area contributed by atoms with E-state index in [0.29, 0.717) is 15.8 Å². The van der Waals surface area contributed by atoms with E-state index >= 15 is 0 Å². The van der Waals surface area contributed by atoms with Crippen molar-refractivity contribution in [1.29, 1.82) is 0 Å². The summed E-state index contributed by atoms with van der Waals surface area (Å²) in [4.78, 5) is 0. The van der Waals surface area contributed by atoms with Gasteiger partial charge in [0.2, 0.25) is 0 Å². The minimum atomic E-state index is 0.569. The van der Waals surface area contributed by atoms with Gasteiger partial charge in [0.1, 0.15) is 5.75 Å². The monoisotopic (exact) mass is 267 g/mol. The lowest BCUT2D eigenvalue weighted by molar-refractivity contribution is 0.415. The average Bonchev–Trinajstić information content (AvgIpc) is 2.29. The molecule has 2 aromatic rings. The maximum Gasteiger partial charge on any atom is 0.137 e. The molecule has 2 nitrogen and oxygen atoms in total. The Morgan fingerprint density at radius 3 is 2.41 bits per heavy atom. The van der Waals surface area contributed by atoms with Crippen LogP contribution in [0.5, 0.6) is 5.75 Å². The average molecular weight is 268 g/mol. The molecule has 0 saturated heterocycles. The molecule has 4 heteroatoms. The molecule has 0 unspecified atom stereocenters. The molecular formula is C13H11Cl2NO. The quantitative estimate of drug-likeness (QED) is 0.867. The third-order valence-corrected chi connectivity index (χ3v) is 2.80. The van der Waals surface area contributed by atoms with Crippen LogP contribution in [0.25, 0.3) is 0 Å². The minimum Gasteiger partial charge on any atom is -0.495 e. The zero-order valence-electron chi connectivity index (χ0n) is 9.21. The number of rotatable bonds is 3. The highest BCUT2D eigenvalue weighted by atomic mass is 35.5. The van der Waals surface area contributed by atoms with Crippen molar-refractivity contribution in [2.45, 2.75) is 0 Å². The van der Waals surface area contributed by atoms with Crippen molar-refractivity contribution in [3.8, 4) is 5.75 Å². The van der Waals surface area contributed by atoms with Gasteiger partial charge in [-0.1, -0.05) is 29.3 Å². The summed E-state index contributed by atoms with van der Waals surface area (Å²) >= 11 is 11.9. The van der Waals surface area contributed by atoms with Crippen molar-refractivity contribution < 1.29 is 4.74 Å². The maximum atomic E-state index is 6.04. The second-order valence-corrected chi connectivity index (χ2v) is 4.33. The molecule has 0 aliphatic heterocycles. The molecule has 0 fully saturated rings. The largest absolute Gasteiger partial charge is 0.495 e. The van der Waals surface area contributed by atoms with E-state index in [0.717, 1.165) is 11.4 Å². The molecule has 0 aliphatic carbocycles. The van der Waals surface area contributed by atoms with E-state index < -0.39 is 0 Å². The van der Waals surface area contributed by atoms with Gasteiger partial charge in [0.15, 0.2) is 0 Å². The van der Waals surface area contributed by atoms with Gasteiger partial charge in [-0.25, -0.2) is 0 Å². The van der Waals surface area contributed by atoms with E-state index in [1.165, 1.54) is 0 Å². The first-order valence-corrected chi connectivity index (χ1v) is 5.81. The van der Waals surface area contributed by atoms with Gasteiger partial charge in [-0.2, -0.15) is 0 Å². The third kappa shape index (κ3) is 3.05. The first-order chi connectivity index (χ1) is 8.19. The number of hydrogen-bond donors (Lipinski definition) is 1. The second kappa shape index (κ2) is 5.30. The van der Waals surface area contributed by atoms with E-state index in [9.17, 15) is 0 Å². The predicted molar refractivity (Wildman–Crippen MR) is 72.7 cm³/mol. The van der Waals surface area contributed by atoms with Crippen LogP contribution < -0.4 is 10.1 Å². The molecule has 0 saturated carbocycles. The molecule has 0 heterocycles. The lowest BCUT2D eigenvalue weighted by Crippen LogP contribution is -1.91. The van der Waals surface area contributed by atoms with Crippen LogP contribution in [0.4, 0.5) is 11.4 Å². The highest BCUT2D eigenvalue weighted by Gasteiger charge is 2.02. The number of methoxy groups -OCH3 is 1. The van der Waals surface area contributed by atoms with Crippen molar-refractivity contribution in [2.24, 2.45) is 0 Å². The number of ether oxygens (including phenoxy) is 1. The Bertz CT molecular complexity index is 529. The van der Waals surface area contributed by atoms with Crippen LogP contribution >= 0.6 is 23.2 Å². The number of hydrogen-bond acceptors (Lipinski definition) is 2. The van der Waals surface area contributed by atoms with E-state index in [1.54, 1.807) is 13.2 Å². The Morgan fingerprint density at radius 1 is 1.00 bits per heavy atom. The Kier molecular flexibility index (Phi) is 3.77. The van der Waals surface area contributed by atoms with E-state index in [-0.39, 0.29) is 0 Å². The van der Waals surface area contributed by atoms with Gasteiger partial charge >= 0.3 is 0 Å². The van der Waals surface area contributed by atoms with Crippen LogP contribution in [0.2, 0.25) is 10.0 Å². The first-order valence-electron chi connectivity index (χ1n) is 5.05. The van der Waals surface area contributed by atoms with Gasteiger partial charge in [-0.15, -0.1) is 0 Å². The molecule has 17 heavy (non-hydrogen) atoms. The summed E-state index contributed by atoms with van der Waals surface area (Å²) < 4.78 is 5.09. The van der Waals surface area contributed by atoms with Gasteiger partial charge in [0, 0.05) is 16.4 Å². The molecule has 0 radical (unpaired) electrons. The normalized spacial score (nSPS) is 10.1. The highest BCUT2D eigenvalue weighted by Crippen LogP contribution is 2.29. The van der Waals surface area contributed by atoms with Crippen molar-refractivity contribution in [1.82, 2.24) is 0 Å². The van der Waals surface area contributed by atoms with Gasteiger partial charge in [0.25, 0.3) is 0 Å². The summed E-state index contributed by atoms with van der Waals surface area (Å²) in [5.74, 6) is 0.656. The summed E-state index contributed by atoms with van der Waals surface area (Å²) in [7, 11) is 1.59. The summed E-state index contributed by atoms with van der Waals surface area (Å²) in [6.07, 6.45) is 0. The molecule has 0 spiro atoms. The molecule has 88 valence electrons. The van der Waals surface area contributed by atoms with Crippen molar-refractivity contribution in [3.63, 3.8) is 0 Å². The van der Waals surface area contributed by atoms with Gasteiger partial charge in [-0.3, -0.25) is 0 Å². The van der Waals surface area contributed by atoms with Crippen molar-refractivity contribution >= 4 is 34.6 Å². The maximum absolute atomic E-state index is 6.04. The number of nitrogens with one attached hydrogen (secondary N) is 1. The van der Waals surface area contributed by atoms with Crippen LogP contribution in [0.1, 0.15) is 0 Å². The zero-order valence-corrected chi connectivity index (χ0v) is 10.7. The van der Waals surface area contributed by atoms with Gasteiger partial charge in [-0.05, 0) is 36.4 Å². The zero-order chi connectivity index (χ0) is 12.3. The van der Waals surface area contributed by atoms with Crippen molar-refractivity contribution in [2.75, 3.05) is 12.4 Å². The lowest BCUT2D eigenvalue weighted by Gasteiger charge is -2.09. The van der Waals surface area contributed by atoms with E-state index in [1.807, 2.05) is 36.4 Å². The van der Waals surface area contributed by atoms with Crippen LogP contribution in [-0.2, 0) is 0 Å². The molecule has 0 atom stereocenters. The predicted octanol–water partition coefficient (Wildman–Crippen LogP) is 4.75. The fourth-order valence-corrected chi connectivity index (χ4v) is 1.93. The minimum absolute atomic E-state index is 0.569. The summed E-state index contributed by atoms with van der Waals surface area (Å²) in [6.45, 7) is 0. The Hall–Kier alpha value is -1.38.